The maximum atomic E-state index is 5.95. The highest BCUT2D eigenvalue weighted by molar-refractivity contribution is 9.10. The molecule has 0 aromatic heterocycles. The summed E-state index contributed by atoms with van der Waals surface area (Å²) in [4.78, 5) is 2.49. The van der Waals surface area contributed by atoms with Crippen LogP contribution in [0.15, 0.2) is 22.7 Å². The third-order valence-electron chi connectivity index (χ3n) is 4.25. The van der Waals surface area contributed by atoms with E-state index in [1.807, 2.05) is 6.92 Å². The summed E-state index contributed by atoms with van der Waals surface area (Å²) in [5.41, 5.74) is 8.84. The van der Waals surface area contributed by atoms with Gasteiger partial charge in [-0.3, -0.25) is 0 Å². The van der Waals surface area contributed by atoms with Gasteiger partial charge < -0.3 is 10.6 Å². The van der Waals surface area contributed by atoms with Crippen LogP contribution >= 0.6 is 15.9 Å². The molecule has 0 amide bonds. The first-order valence-electron chi connectivity index (χ1n) is 7.09. The Bertz CT molecular complexity index is 449. The van der Waals surface area contributed by atoms with E-state index in [-0.39, 0.29) is 6.04 Å². The molecule has 1 aromatic carbocycles. The molecule has 1 aliphatic heterocycles. The Kier molecular flexibility index (Phi) is 4.26. The van der Waals surface area contributed by atoms with Gasteiger partial charge in [0.15, 0.2) is 0 Å². The summed E-state index contributed by atoms with van der Waals surface area (Å²) < 4.78 is 1.12. The zero-order valence-corrected chi connectivity index (χ0v) is 14.0. The van der Waals surface area contributed by atoms with Crippen molar-refractivity contribution in [2.75, 3.05) is 18.0 Å². The maximum Gasteiger partial charge on any atom is 0.0377 e. The number of hydrogen-bond donors (Lipinski definition) is 1. The van der Waals surface area contributed by atoms with E-state index >= 15 is 0 Å². The number of anilines is 1. The molecule has 0 bridgehead atoms. The number of rotatable bonds is 2. The van der Waals surface area contributed by atoms with Crippen LogP contribution in [0.4, 0.5) is 5.69 Å². The van der Waals surface area contributed by atoms with Gasteiger partial charge in [-0.2, -0.15) is 0 Å². The number of nitrogens with two attached hydrogens (primary N) is 1. The molecule has 0 saturated carbocycles. The fraction of sp³-hybridized carbons (Fsp3) is 0.625. The van der Waals surface area contributed by atoms with E-state index in [2.05, 4.69) is 59.8 Å². The van der Waals surface area contributed by atoms with E-state index in [9.17, 15) is 0 Å². The first-order valence-corrected chi connectivity index (χ1v) is 7.88. The van der Waals surface area contributed by atoms with Crippen molar-refractivity contribution in [1.82, 2.24) is 0 Å². The first-order chi connectivity index (χ1) is 8.79. The third kappa shape index (κ3) is 3.32. The largest absolute Gasteiger partial charge is 0.371 e. The van der Waals surface area contributed by atoms with E-state index in [1.165, 1.54) is 17.7 Å². The SMILES string of the molecule is CC(N)c1ccc(N2CCC(C(C)(C)C)C2)cc1Br. The van der Waals surface area contributed by atoms with Crippen molar-refractivity contribution in [2.45, 2.75) is 40.2 Å². The predicted octanol–water partition coefficient (Wildman–Crippen LogP) is 4.34. The molecule has 1 heterocycles. The molecule has 2 unspecified atom stereocenters. The summed E-state index contributed by atoms with van der Waals surface area (Å²) in [6.07, 6.45) is 1.29. The van der Waals surface area contributed by atoms with Gasteiger partial charge in [-0.05, 0) is 42.4 Å². The molecule has 19 heavy (non-hydrogen) atoms. The highest BCUT2D eigenvalue weighted by atomic mass is 79.9. The minimum Gasteiger partial charge on any atom is -0.371 e. The van der Waals surface area contributed by atoms with E-state index in [4.69, 9.17) is 5.73 Å². The molecule has 2 rings (SSSR count). The lowest BCUT2D eigenvalue weighted by atomic mass is 9.80. The molecule has 0 spiro atoms. The van der Waals surface area contributed by atoms with Gasteiger partial charge in [-0.15, -0.1) is 0 Å². The lowest BCUT2D eigenvalue weighted by Crippen LogP contribution is -2.25. The topological polar surface area (TPSA) is 29.3 Å². The van der Waals surface area contributed by atoms with Gasteiger partial charge in [-0.1, -0.05) is 42.8 Å². The molecule has 2 atom stereocenters. The van der Waals surface area contributed by atoms with Gasteiger partial charge >= 0.3 is 0 Å². The molecular formula is C16H25BrN2. The van der Waals surface area contributed by atoms with Crippen LogP contribution < -0.4 is 10.6 Å². The quantitative estimate of drug-likeness (QED) is 0.876. The smallest absolute Gasteiger partial charge is 0.0377 e. The van der Waals surface area contributed by atoms with Gasteiger partial charge in [0.2, 0.25) is 0 Å². The van der Waals surface area contributed by atoms with Gasteiger partial charge in [0.05, 0.1) is 0 Å². The van der Waals surface area contributed by atoms with E-state index in [0.29, 0.717) is 5.41 Å². The van der Waals surface area contributed by atoms with E-state index < -0.39 is 0 Å². The Balaban J connectivity index is 2.14. The second-order valence-corrected chi connectivity index (χ2v) is 7.65. The molecule has 0 aliphatic carbocycles. The highest BCUT2D eigenvalue weighted by Gasteiger charge is 2.31. The van der Waals surface area contributed by atoms with E-state index in [1.54, 1.807) is 0 Å². The summed E-state index contributed by atoms with van der Waals surface area (Å²) in [6.45, 7) is 11.4. The summed E-state index contributed by atoms with van der Waals surface area (Å²) >= 11 is 3.64. The Morgan fingerprint density at radius 2 is 2.05 bits per heavy atom. The maximum absolute atomic E-state index is 5.95. The molecule has 1 saturated heterocycles. The monoisotopic (exact) mass is 324 g/mol. The second-order valence-electron chi connectivity index (χ2n) is 6.79. The zero-order chi connectivity index (χ0) is 14.2. The van der Waals surface area contributed by atoms with E-state index in [0.717, 1.165) is 23.5 Å². The van der Waals surface area contributed by atoms with Crippen LogP contribution in [0, 0.1) is 11.3 Å². The molecular weight excluding hydrogens is 300 g/mol. The molecule has 1 aromatic rings. The Labute approximate surface area is 125 Å². The van der Waals surface area contributed by atoms with Crippen molar-refractivity contribution in [1.29, 1.82) is 0 Å². The fourth-order valence-electron chi connectivity index (χ4n) is 2.78. The Morgan fingerprint density at radius 1 is 1.37 bits per heavy atom. The summed E-state index contributed by atoms with van der Waals surface area (Å²) in [6, 6.07) is 6.64. The lowest BCUT2D eigenvalue weighted by Gasteiger charge is -2.27. The van der Waals surface area contributed by atoms with Gasteiger partial charge in [0, 0.05) is 29.3 Å². The van der Waals surface area contributed by atoms with Crippen molar-refractivity contribution in [3.05, 3.63) is 28.2 Å². The lowest BCUT2D eigenvalue weighted by molar-refractivity contribution is 0.263. The van der Waals surface area contributed by atoms with Gasteiger partial charge in [0.1, 0.15) is 0 Å². The highest BCUT2D eigenvalue weighted by Crippen LogP contribution is 2.36. The molecule has 106 valence electrons. The van der Waals surface area contributed by atoms with Crippen LogP contribution in [0.1, 0.15) is 45.7 Å². The van der Waals surface area contributed by atoms with Crippen LogP contribution in [-0.4, -0.2) is 13.1 Å². The standard InChI is InChI=1S/C16H25BrN2/c1-11(18)14-6-5-13(9-15(14)17)19-8-7-12(10-19)16(2,3)4/h5-6,9,11-12H,7-8,10,18H2,1-4H3. The first kappa shape index (κ1) is 14.9. The zero-order valence-electron chi connectivity index (χ0n) is 12.4. The minimum absolute atomic E-state index is 0.0735. The number of hydrogen-bond acceptors (Lipinski definition) is 2. The number of halogens is 1. The Morgan fingerprint density at radius 3 is 2.53 bits per heavy atom. The number of benzene rings is 1. The third-order valence-corrected chi connectivity index (χ3v) is 4.94. The van der Waals surface area contributed by atoms with Crippen LogP contribution in [0.25, 0.3) is 0 Å². The van der Waals surface area contributed by atoms with Crippen LogP contribution in [0.3, 0.4) is 0 Å². The van der Waals surface area contributed by atoms with Gasteiger partial charge in [-0.25, -0.2) is 0 Å². The summed E-state index contributed by atoms with van der Waals surface area (Å²) in [5, 5.41) is 0. The summed E-state index contributed by atoms with van der Waals surface area (Å²) in [5.74, 6) is 0.777. The molecule has 2 nitrogen and oxygen atoms in total. The van der Waals surface area contributed by atoms with Crippen LogP contribution in [0.5, 0.6) is 0 Å². The summed E-state index contributed by atoms with van der Waals surface area (Å²) in [7, 11) is 0. The Hall–Kier alpha value is -0.540. The molecule has 1 fully saturated rings. The molecule has 1 aliphatic rings. The normalized spacial score (nSPS) is 21.8. The number of nitrogens with zero attached hydrogens (tertiary/aromatic N) is 1. The van der Waals surface area contributed by atoms with Crippen LogP contribution in [0.2, 0.25) is 0 Å². The average Bonchev–Trinajstić information content (AvgIpc) is 2.76. The van der Waals surface area contributed by atoms with Crippen molar-refractivity contribution in [3.63, 3.8) is 0 Å². The molecule has 3 heteroatoms. The van der Waals surface area contributed by atoms with Crippen LogP contribution in [-0.2, 0) is 0 Å². The van der Waals surface area contributed by atoms with Crippen molar-refractivity contribution in [3.8, 4) is 0 Å². The van der Waals surface area contributed by atoms with Crippen molar-refractivity contribution in [2.24, 2.45) is 17.1 Å². The van der Waals surface area contributed by atoms with Crippen molar-refractivity contribution >= 4 is 21.6 Å². The molecule has 2 N–H and O–H groups in total. The predicted molar refractivity (Wildman–Crippen MR) is 86.5 cm³/mol. The van der Waals surface area contributed by atoms with Gasteiger partial charge in [0.25, 0.3) is 0 Å². The molecule has 0 radical (unpaired) electrons. The second kappa shape index (κ2) is 5.45. The fourth-order valence-corrected chi connectivity index (χ4v) is 3.51. The average molecular weight is 325 g/mol. The minimum atomic E-state index is 0.0735. The van der Waals surface area contributed by atoms with Crippen molar-refractivity contribution < 1.29 is 0 Å².